The summed E-state index contributed by atoms with van der Waals surface area (Å²) in [7, 11) is 1.67. The van der Waals surface area contributed by atoms with E-state index in [1.807, 2.05) is 0 Å². The zero-order chi connectivity index (χ0) is 13.7. The summed E-state index contributed by atoms with van der Waals surface area (Å²) < 4.78 is 5.25. The molecule has 1 unspecified atom stereocenters. The number of unbranched alkanes of at least 4 members (excludes halogenated alkanes) is 1. The van der Waals surface area contributed by atoms with E-state index >= 15 is 0 Å². The van der Waals surface area contributed by atoms with Gasteiger partial charge in [0.05, 0.1) is 12.6 Å². The third-order valence-corrected chi connectivity index (χ3v) is 3.52. The van der Waals surface area contributed by atoms with Crippen LogP contribution in [0, 0.1) is 0 Å². The molecular weight excluding hydrogens is 244 g/mol. The molecule has 6 nitrogen and oxygen atoms in total. The fraction of sp³-hybridized carbons (Fsp3) is 0.769. The molecule has 0 spiro atoms. The number of aromatic nitrogens is 2. The van der Waals surface area contributed by atoms with E-state index in [0.29, 0.717) is 12.4 Å². The molecule has 0 saturated carbocycles. The summed E-state index contributed by atoms with van der Waals surface area (Å²) >= 11 is 0. The zero-order valence-corrected chi connectivity index (χ0v) is 11.7. The van der Waals surface area contributed by atoms with Crippen LogP contribution in [0.15, 0.2) is 4.52 Å². The van der Waals surface area contributed by atoms with E-state index in [0.717, 1.165) is 44.5 Å². The highest BCUT2D eigenvalue weighted by molar-refractivity contribution is 5.81. The van der Waals surface area contributed by atoms with Crippen LogP contribution in [0.5, 0.6) is 0 Å². The van der Waals surface area contributed by atoms with Crippen LogP contribution < -0.4 is 5.32 Å². The third kappa shape index (κ3) is 3.53. The molecule has 0 bridgehead atoms. The molecule has 0 aliphatic carbocycles. The Morgan fingerprint density at radius 2 is 2.42 bits per heavy atom. The number of likely N-dealkylation sites (N-methyl/N-ethyl adjacent to an activating group) is 1. The van der Waals surface area contributed by atoms with Crippen molar-refractivity contribution in [3.63, 3.8) is 0 Å². The lowest BCUT2D eigenvalue weighted by molar-refractivity contribution is -0.125. The van der Waals surface area contributed by atoms with E-state index in [4.69, 9.17) is 4.52 Å². The summed E-state index contributed by atoms with van der Waals surface area (Å²) in [6.07, 6.45) is 4.99. The number of nitrogens with zero attached hydrogens (tertiary/aromatic N) is 3. The first-order valence-corrected chi connectivity index (χ1v) is 7.01. The van der Waals surface area contributed by atoms with Gasteiger partial charge in [0.25, 0.3) is 0 Å². The number of likely N-dealkylation sites (tertiary alicyclic amines) is 1. The molecule has 0 aromatic carbocycles. The number of aryl methyl sites for hydroxylation is 1. The highest BCUT2D eigenvalue weighted by atomic mass is 16.5. The van der Waals surface area contributed by atoms with Gasteiger partial charge in [-0.05, 0) is 25.8 Å². The minimum absolute atomic E-state index is 0.0593. The Bertz CT molecular complexity index is 419. The van der Waals surface area contributed by atoms with Crippen molar-refractivity contribution < 1.29 is 9.32 Å². The van der Waals surface area contributed by atoms with Gasteiger partial charge in [0.1, 0.15) is 0 Å². The summed E-state index contributed by atoms with van der Waals surface area (Å²) in [6.45, 7) is 3.61. The van der Waals surface area contributed by atoms with Crippen LogP contribution in [0.25, 0.3) is 0 Å². The van der Waals surface area contributed by atoms with Crippen molar-refractivity contribution in [3.05, 3.63) is 11.7 Å². The second kappa shape index (κ2) is 6.65. The normalized spacial score (nSPS) is 19.8. The maximum Gasteiger partial charge on any atom is 0.240 e. The molecule has 1 atom stereocenters. The minimum atomic E-state index is -0.0593. The van der Waals surface area contributed by atoms with E-state index < -0.39 is 0 Å². The molecule has 106 valence electrons. The van der Waals surface area contributed by atoms with Crippen LogP contribution in [0.3, 0.4) is 0 Å². The van der Waals surface area contributed by atoms with Gasteiger partial charge in [-0.15, -0.1) is 0 Å². The van der Waals surface area contributed by atoms with Crippen molar-refractivity contribution in [1.82, 2.24) is 20.4 Å². The Morgan fingerprint density at radius 3 is 3.16 bits per heavy atom. The summed E-state index contributed by atoms with van der Waals surface area (Å²) in [6, 6.07) is -0.0593. The van der Waals surface area contributed by atoms with Crippen LogP contribution >= 0.6 is 0 Å². The molecule has 1 aromatic rings. The van der Waals surface area contributed by atoms with Crippen molar-refractivity contribution in [3.8, 4) is 0 Å². The second-order valence-corrected chi connectivity index (χ2v) is 4.95. The molecule has 2 rings (SSSR count). The SMILES string of the molecule is CCCCc1noc(CN2CCCC2C(=O)NC)n1. The maximum absolute atomic E-state index is 11.7. The van der Waals surface area contributed by atoms with Crippen LogP contribution in [-0.2, 0) is 17.8 Å². The number of nitrogens with one attached hydrogen (secondary N) is 1. The van der Waals surface area contributed by atoms with Crippen molar-refractivity contribution in [1.29, 1.82) is 0 Å². The predicted molar refractivity (Wildman–Crippen MR) is 70.4 cm³/mol. The van der Waals surface area contributed by atoms with Gasteiger partial charge in [-0.3, -0.25) is 9.69 Å². The highest BCUT2D eigenvalue weighted by Crippen LogP contribution is 2.19. The van der Waals surface area contributed by atoms with Crippen molar-refractivity contribution in [2.75, 3.05) is 13.6 Å². The molecule has 1 N–H and O–H groups in total. The lowest BCUT2D eigenvalue weighted by Crippen LogP contribution is -2.41. The Labute approximate surface area is 113 Å². The molecule has 1 fully saturated rings. The third-order valence-electron chi connectivity index (χ3n) is 3.52. The first-order chi connectivity index (χ1) is 9.24. The number of rotatable bonds is 6. The van der Waals surface area contributed by atoms with E-state index in [1.165, 1.54) is 0 Å². The van der Waals surface area contributed by atoms with Gasteiger partial charge >= 0.3 is 0 Å². The van der Waals surface area contributed by atoms with Gasteiger partial charge < -0.3 is 9.84 Å². The first-order valence-electron chi connectivity index (χ1n) is 7.01. The Hall–Kier alpha value is -1.43. The summed E-state index contributed by atoms with van der Waals surface area (Å²) in [5.74, 6) is 1.46. The highest BCUT2D eigenvalue weighted by Gasteiger charge is 2.31. The second-order valence-electron chi connectivity index (χ2n) is 4.95. The van der Waals surface area contributed by atoms with Crippen molar-refractivity contribution >= 4 is 5.91 Å². The van der Waals surface area contributed by atoms with Crippen molar-refractivity contribution in [2.45, 2.75) is 51.6 Å². The standard InChI is InChI=1S/C13H22N4O2/c1-3-4-7-11-15-12(19-16-11)9-17-8-5-6-10(17)13(18)14-2/h10H,3-9H2,1-2H3,(H,14,18). The lowest BCUT2D eigenvalue weighted by Gasteiger charge is -2.20. The van der Waals surface area contributed by atoms with Crippen LogP contribution in [-0.4, -0.2) is 40.6 Å². The fourth-order valence-electron chi connectivity index (χ4n) is 2.44. The molecule has 2 heterocycles. The molecule has 6 heteroatoms. The lowest BCUT2D eigenvalue weighted by atomic mass is 10.2. The Kier molecular flexibility index (Phi) is 4.90. The monoisotopic (exact) mass is 266 g/mol. The molecular formula is C13H22N4O2. The predicted octanol–water partition coefficient (Wildman–Crippen LogP) is 1.12. The van der Waals surface area contributed by atoms with Gasteiger partial charge in [0, 0.05) is 13.5 Å². The van der Waals surface area contributed by atoms with E-state index in [-0.39, 0.29) is 11.9 Å². The quantitative estimate of drug-likeness (QED) is 0.835. The minimum Gasteiger partial charge on any atom is -0.358 e. The smallest absolute Gasteiger partial charge is 0.240 e. The van der Waals surface area contributed by atoms with Gasteiger partial charge in [-0.25, -0.2) is 0 Å². The van der Waals surface area contributed by atoms with E-state index in [1.54, 1.807) is 7.05 Å². The molecule has 19 heavy (non-hydrogen) atoms. The molecule has 0 radical (unpaired) electrons. The first kappa shape index (κ1) is 14.0. The maximum atomic E-state index is 11.7. The summed E-state index contributed by atoms with van der Waals surface area (Å²) in [5, 5.41) is 6.68. The fourth-order valence-corrected chi connectivity index (χ4v) is 2.44. The topological polar surface area (TPSA) is 71.3 Å². The van der Waals surface area contributed by atoms with Gasteiger partial charge in [-0.1, -0.05) is 18.5 Å². The number of amides is 1. The van der Waals surface area contributed by atoms with Gasteiger partial charge in [0.15, 0.2) is 5.82 Å². The van der Waals surface area contributed by atoms with Gasteiger partial charge in [0.2, 0.25) is 11.8 Å². The molecule has 1 aliphatic rings. The number of hydrogen-bond acceptors (Lipinski definition) is 5. The number of carbonyl (C=O) groups is 1. The number of carbonyl (C=O) groups excluding carboxylic acids is 1. The van der Waals surface area contributed by atoms with Crippen LogP contribution in [0.1, 0.15) is 44.3 Å². The molecule has 1 aromatic heterocycles. The number of hydrogen-bond donors (Lipinski definition) is 1. The molecule has 1 saturated heterocycles. The van der Waals surface area contributed by atoms with Crippen molar-refractivity contribution in [2.24, 2.45) is 0 Å². The molecule has 1 aliphatic heterocycles. The Balaban J connectivity index is 1.92. The Morgan fingerprint density at radius 1 is 1.58 bits per heavy atom. The van der Waals surface area contributed by atoms with E-state index in [2.05, 4.69) is 27.3 Å². The zero-order valence-electron chi connectivity index (χ0n) is 11.7. The van der Waals surface area contributed by atoms with Crippen LogP contribution in [0.2, 0.25) is 0 Å². The summed E-state index contributed by atoms with van der Waals surface area (Å²) in [4.78, 5) is 18.2. The average molecular weight is 266 g/mol. The average Bonchev–Trinajstić information content (AvgIpc) is 3.05. The largest absolute Gasteiger partial charge is 0.358 e. The van der Waals surface area contributed by atoms with Gasteiger partial charge in [-0.2, -0.15) is 4.98 Å². The molecule has 1 amide bonds. The van der Waals surface area contributed by atoms with Crippen LogP contribution in [0.4, 0.5) is 0 Å². The summed E-state index contributed by atoms with van der Waals surface area (Å²) in [5.41, 5.74) is 0. The van der Waals surface area contributed by atoms with E-state index in [9.17, 15) is 4.79 Å².